The van der Waals surface area contributed by atoms with Crippen LogP contribution in [-0.2, 0) is 30.3 Å². The first-order valence-corrected chi connectivity index (χ1v) is 17.2. The molecule has 0 unspecified atom stereocenters. The van der Waals surface area contributed by atoms with E-state index in [9.17, 15) is 24.0 Å². The number of benzene rings is 3. The number of ether oxygens (including phenoxy) is 1. The number of fused-ring (bicyclic) bond motifs is 4. The predicted octanol–water partition coefficient (Wildman–Crippen LogP) is 4.49. The molecule has 0 radical (unpaired) electrons. The third-order valence-electron chi connectivity index (χ3n) is 9.51. The number of para-hydroxylation sites is 1. The van der Waals surface area contributed by atoms with Crippen molar-refractivity contribution in [2.24, 2.45) is 11.8 Å². The lowest BCUT2D eigenvalue weighted by Gasteiger charge is -2.29. The number of alkyl carbamates (subject to hydrolysis) is 1. The predicted molar refractivity (Wildman–Crippen MR) is 193 cm³/mol. The molecule has 0 saturated carbocycles. The van der Waals surface area contributed by atoms with Crippen molar-refractivity contribution in [3.05, 3.63) is 95.7 Å². The highest BCUT2D eigenvalue weighted by atomic mass is 16.5. The van der Waals surface area contributed by atoms with E-state index in [4.69, 9.17) is 9.84 Å². The van der Waals surface area contributed by atoms with Gasteiger partial charge in [0.1, 0.15) is 31.3 Å². The molecule has 0 fully saturated rings. The van der Waals surface area contributed by atoms with E-state index in [0.717, 1.165) is 38.7 Å². The standard InChI is InChI=1S/C39H45N5O7/c1-5-23(4)35(38(49)43-34(22(2)3)37(48)41-20-33(45)46)44-36(47)32(18-24-19-40-31-17-11-10-12-25(24)31)42-39(50)51-21-30-28-15-8-6-13-26(28)27-14-7-9-16-29(27)30/h6-17,19,22-23,30,32,34-35,40H,5,18,20-21H2,1-4H3,(H,41,48)(H,42,50)(H,43,49)(H,44,47)(H,45,46)/t23-,32-,34-,35-/m0/s1. The molecule has 12 nitrogen and oxygen atoms in total. The number of carbonyl (C=O) groups excluding carboxylic acids is 4. The summed E-state index contributed by atoms with van der Waals surface area (Å²) in [6.07, 6.45) is 1.62. The molecule has 1 aliphatic rings. The number of rotatable bonds is 15. The number of nitrogens with one attached hydrogen (secondary N) is 5. The lowest BCUT2D eigenvalue weighted by molar-refractivity contribution is -0.139. The summed E-state index contributed by atoms with van der Waals surface area (Å²) in [5.41, 5.74) is 5.94. The van der Waals surface area contributed by atoms with Crippen LogP contribution in [0.25, 0.3) is 22.0 Å². The summed E-state index contributed by atoms with van der Waals surface area (Å²) in [5, 5.41) is 20.5. The zero-order valence-electron chi connectivity index (χ0n) is 29.2. The Balaban J connectivity index is 1.34. The molecule has 4 amide bonds. The Labute approximate surface area is 296 Å². The molecule has 0 aliphatic heterocycles. The largest absolute Gasteiger partial charge is 0.480 e. The van der Waals surface area contributed by atoms with Crippen molar-refractivity contribution in [2.45, 2.75) is 64.6 Å². The van der Waals surface area contributed by atoms with Gasteiger partial charge in [0.15, 0.2) is 0 Å². The summed E-state index contributed by atoms with van der Waals surface area (Å²) in [4.78, 5) is 68.2. The fraction of sp³-hybridized carbons (Fsp3) is 0.359. The monoisotopic (exact) mass is 695 g/mol. The summed E-state index contributed by atoms with van der Waals surface area (Å²) in [5.74, 6) is -3.98. The molecule has 0 bridgehead atoms. The van der Waals surface area contributed by atoms with E-state index < -0.39 is 54.5 Å². The molecule has 6 N–H and O–H groups in total. The van der Waals surface area contributed by atoms with Crippen LogP contribution >= 0.6 is 0 Å². The fourth-order valence-corrected chi connectivity index (χ4v) is 6.52. The van der Waals surface area contributed by atoms with Gasteiger partial charge in [0.2, 0.25) is 17.7 Å². The van der Waals surface area contributed by atoms with Gasteiger partial charge in [0.25, 0.3) is 0 Å². The first-order chi connectivity index (χ1) is 24.5. The Morgan fingerprint density at radius 1 is 0.784 bits per heavy atom. The topological polar surface area (TPSA) is 179 Å². The number of H-pyrrole nitrogens is 1. The Bertz CT molecular complexity index is 1860. The van der Waals surface area contributed by atoms with Crippen LogP contribution in [0, 0.1) is 11.8 Å². The van der Waals surface area contributed by atoms with E-state index in [2.05, 4.69) is 26.3 Å². The van der Waals surface area contributed by atoms with Crippen LogP contribution in [0.3, 0.4) is 0 Å². The number of hydrogen-bond donors (Lipinski definition) is 6. The second kappa shape index (κ2) is 16.4. The summed E-state index contributed by atoms with van der Waals surface area (Å²) >= 11 is 0. The fourth-order valence-electron chi connectivity index (χ4n) is 6.52. The summed E-state index contributed by atoms with van der Waals surface area (Å²) < 4.78 is 5.79. The SMILES string of the molecule is CC[C@H](C)[C@H](NC(=O)[C@H](Cc1c[nH]c2ccccc12)NC(=O)OCC1c2ccccc2-c2ccccc21)C(=O)N[C@H](C(=O)NCC(=O)O)C(C)C. The van der Waals surface area contributed by atoms with Crippen molar-refractivity contribution in [3.8, 4) is 11.1 Å². The molecule has 0 spiro atoms. The highest BCUT2D eigenvalue weighted by Gasteiger charge is 2.34. The van der Waals surface area contributed by atoms with Gasteiger partial charge in [-0.05, 0) is 45.7 Å². The van der Waals surface area contributed by atoms with Crippen molar-refractivity contribution in [1.29, 1.82) is 0 Å². The molecule has 268 valence electrons. The maximum Gasteiger partial charge on any atom is 0.407 e. The minimum Gasteiger partial charge on any atom is -0.480 e. The van der Waals surface area contributed by atoms with Crippen molar-refractivity contribution in [2.75, 3.05) is 13.2 Å². The number of amides is 4. The Hall–Kier alpha value is -5.65. The van der Waals surface area contributed by atoms with Crippen molar-refractivity contribution < 1.29 is 33.8 Å². The van der Waals surface area contributed by atoms with Crippen LogP contribution in [0.1, 0.15) is 56.7 Å². The molecule has 1 aliphatic carbocycles. The molecule has 3 aromatic carbocycles. The number of aliphatic carboxylic acids is 1. The smallest absolute Gasteiger partial charge is 0.407 e. The van der Waals surface area contributed by atoms with Crippen molar-refractivity contribution >= 4 is 40.7 Å². The maximum atomic E-state index is 14.1. The third-order valence-corrected chi connectivity index (χ3v) is 9.51. The molecule has 12 heteroatoms. The molecule has 51 heavy (non-hydrogen) atoms. The lowest BCUT2D eigenvalue weighted by Crippen LogP contribution is -2.59. The molecule has 1 heterocycles. The minimum absolute atomic E-state index is 0.0553. The zero-order valence-corrected chi connectivity index (χ0v) is 29.2. The number of aromatic amines is 1. The van der Waals surface area contributed by atoms with Crippen LogP contribution in [0.2, 0.25) is 0 Å². The molecular formula is C39H45N5O7. The Kier molecular flexibility index (Phi) is 11.8. The highest BCUT2D eigenvalue weighted by Crippen LogP contribution is 2.44. The number of carboxylic acid groups (broad SMARTS) is 1. The van der Waals surface area contributed by atoms with Crippen LogP contribution in [0.5, 0.6) is 0 Å². The van der Waals surface area contributed by atoms with Crippen LogP contribution in [0.15, 0.2) is 79.0 Å². The van der Waals surface area contributed by atoms with E-state index in [-0.39, 0.29) is 30.8 Å². The molecule has 5 rings (SSSR count). The van der Waals surface area contributed by atoms with Crippen molar-refractivity contribution in [1.82, 2.24) is 26.3 Å². The molecule has 4 atom stereocenters. The Morgan fingerprint density at radius 2 is 1.39 bits per heavy atom. The molecular weight excluding hydrogens is 650 g/mol. The second-order valence-corrected chi connectivity index (χ2v) is 13.3. The van der Waals surface area contributed by atoms with E-state index in [1.54, 1.807) is 27.0 Å². The van der Waals surface area contributed by atoms with Gasteiger partial charge in [-0.15, -0.1) is 0 Å². The van der Waals surface area contributed by atoms with Gasteiger partial charge in [-0.2, -0.15) is 0 Å². The van der Waals surface area contributed by atoms with Gasteiger partial charge in [0, 0.05) is 29.4 Å². The van der Waals surface area contributed by atoms with Crippen LogP contribution in [-0.4, -0.2) is 71.2 Å². The van der Waals surface area contributed by atoms with Gasteiger partial charge in [-0.3, -0.25) is 19.2 Å². The second-order valence-electron chi connectivity index (χ2n) is 13.3. The number of carboxylic acids is 1. The summed E-state index contributed by atoms with van der Waals surface area (Å²) in [6, 6.07) is 20.4. The van der Waals surface area contributed by atoms with E-state index in [1.807, 2.05) is 79.7 Å². The van der Waals surface area contributed by atoms with Crippen LogP contribution < -0.4 is 21.3 Å². The molecule has 4 aromatic rings. The van der Waals surface area contributed by atoms with Gasteiger partial charge in [0.05, 0.1) is 0 Å². The summed E-state index contributed by atoms with van der Waals surface area (Å²) in [6.45, 7) is 6.57. The van der Waals surface area contributed by atoms with Gasteiger partial charge in [-0.1, -0.05) is 101 Å². The Morgan fingerprint density at radius 3 is 2.02 bits per heavy atom. The zero-order chi connectivity index (χ0) is 36.7. The summed E-state index contributed by atoms with van der Waals surface area (Å²) in [7, 11) is 0. The number of aromatic nitrogens is 1. The number of hydrogen-bond acceptors (Lipinski definition) is 6. The first-order valence-electron chi connectivity index (χ1n) is 17.2. The first kappa shape index (κ1) is 36.6. The number of carbonyl (C=O) groups is 5. The van der Waals surface area contributed by atoms with Gasteiger partial charge in [-0.25, -0.2) is 4.79 Å². The van der Waals surface area contributed by atoms with Gasteiger partial charge < -0.3 is 36.1 Å². The van der Waals surface area contributed by atoms with E-state index >= 15 is 0 Å². The third kappa shape index (κ3) is 8.57. The highest BCUT2D eigenvalue weighted by molar-refractivity contribution is 5.95. The van der Waals surface area contributed by atoms with Crippen molar-refractivity contribution in [3.63, 3.8) is 0 Å². The minimum atomic E-state index is -1.22. The molecule has 1 aromatic heterocycles. The maximum absolute atomic E-state index is 14.1. The van der Waals surface area contributed by atoms with Gasteiger partial charge >= 0.3 is 12.1 Å². The van der Waals surface area contributed by atoms with E-state index in [1.165, 1.54) is 0 Å². The van der Waals surface area contributed by atoms with E-state index in [0.29, 0.717) is 6.42 Å². The average Bonchev–Trinajstić information content (AvgIpc) is 3.68. The van der Waals surface area contributed by atoms with Crippen LogP contribution in [0.4, 0.5) is 4.79 Å². The lowest BCUT2D eigenvalue weighted by atomic mass is 9.95. The quantitative estimate of drug-likeness (QED) is 0.106. The molecule has 0 saturated heterocycles. The normalized spacial score (nSPS) is 14.5. The average molecular weight is 696 g/mol.